The minimum Gasteiger partial charge on any atom is -1.00 e. The van der Waals surface area contributed by atoms with Crippen LogP contribution in [0.25, 0.3) is 11.2 Å². The first kappa shape index (κ1) is 30.4. The van der Waals surface area contributed by atoms with Crippen molar-refractivity contribution in [1.29, 1.82) is 0 Å². The van der Waals surface area contributed by atoms with Gasteiger partial charge in [0, 0.05) is 43.2 Å². The normalized spacial score (nSPS) is 10.9. The van der Waals surface area contributed by atoms with Crippen LogP contribution in [0, 0.1) is 0 Å². The van der Waals surface area contributed by atoms with Crippen molar-refractivity contribution >= 4 is 28.6 Å². The summed E-state index contributed by atoms with van der Waals surface area (Å²) in [5, 5.41) is 0.920. The molecule has 8 heteroatoms. The molecule has 43 heavy (non-hydrogen) atoms. The van der Waals surface area contributed by atoms with Crippen molar-refractivity contribution < 1.29 is 21.5 Å². The zero-order chi connectivity index (χ0) is 28.7. The number of aryl methyl sites for hydroxylation is 2. The molecule has 0 aliphatic carbocycles. The van der Waals surface area contributed by atoms with Gasteiger partial charge in [0.15, 0.2) is 24.6 Å². The minimum atomic E-state index is 0. The van der Waals surface area contributed by atoms with Gasteiger partial charge in [0.05, 0.1) is 12.9 Å². The van der Waals surface area contributed by atoms with Gasteiger partial charge in [0.25, 0.3) is 0 Å². The summed E-state index contributed by atoms with van der Waals surface area (Å²) in [5.41, 5.74) is 9.46. The number of thioether (sulfide) groups is 1. The van der Waals surface area contributed by atoms with Crippen LogP contribution in [0.4, 0.5) is 5.69 Å². The number of benzene rings is 3. The standard InChI is InChI=1S/C35H35N6S.BrH/c1-39(2)32-18-20-40(21-19-32)22-29-14-10-27(11-15-29)8-9-28-12-16-30(17-13-28)23-41-26-38-33-34(41)36-25-37-35(33)42-24-31-6-4-3-5-7-31;/h3-7,10-21,25-26H,8-9,22-24H2,1-2H3;1H/q+1;/p-1. The maximum Gasteiger partial charge on any atom is 0.173 e. The molecule has 0 saturated heterocycles. The van der Waals surface area contributed by atoms with Crippen LogP contribution in [0.5, 0.6) is 0 Å². The lowest BCUT2D eigenvalue weighted by molar-refractivity contribution is -0.688. The van der Waals surface area contributed by atoms with Crippen molar-refractivity contribution in [2.75, 3.05) is 19.0 Å². The Kier molecular flexibility index (Phi) is 10.2. The highest BCUT2D eigenvalue weighted by Gasteiger charge is 2.11. The summed E-state index contributed by atoms with van der Waals surface area (Å²) in [6.45, 7) is 1.61. The zero-order valence-corrected chi connectivity index (χ0v) is 26.9. The molecule has 0 amide bonds. The van der Waals surface area contributed by atoms with E-state index in [1.54, 1.807) is 18.1 Å². The second-order valence-electron chi connectivity index (χ2n) is 10.8. The van der Waals surface area contributed by atoms with Crippen LogP contribution < -0.4 is 26.4 Å². The van der Waals surface area contributed by atoms with E-state index in [4.69, 9.17) is 0 Å². The zero-order valence-electron chi connectivity index (χ0n) is 24.5. The van der Waals surface area contributed by atoms with Crippen LogP contribution in [-0.2, 0) is 31.7 Å². The largest absolute Gasteiger partial charge is 1.00 e. The molecule has 6 rings (SSSR count). The van der Waals surface area contributed by atoms with E-state index in [2.05, 4.69) is 140 Å². The number of rotatable bonds is 11. The van der Waals surface area contributed by atoms with E-state index in [9.17, 15) is 0 Å². The van der Waals surface area contributed by atoms with Gasteiger partial charge >= 0.3 is 0 Å². The second kappa shape index (κ2) is 14.4. The second-order valence-corrected chi connectivity index (χ2v) is 11.7. The third-order valence-corrected chi connectivity index (χ3v) is 8.49. The molecular formula is C35H35BrN6S. The molecule has 0 fully saturated rings. The molecule has 3 aromatic carbocycles. The maximum absolute atomic E-state index is 4.66. The number of anilines is 1. The van der Waals surface area contributed by atoms with E-state index < -0.39 is 0 Å². The fraction of sp³-hybridized carbons (Fsp3) is 0.200. The Labute approximate surface area is 268 Å². The molecule has 0 unspecified atom stereocenters. The summed E-state index contributed by atoms with van der Waals surface area (Å²) in [6.07, 6.45) is 9.84. The van der Waals surface area contributed by atoms with Gasteiger partial charge in [-0.25, -0.2) is 19.5 Å². The first-order valence-electron chi connectivity index (χ1n) is 14.3. The first-order chi connectivity index (χ1) is 20.6. The highest BCUT2D eigenvalue weighted by atomic mass is 79.9. The van der Waals surface area contributed by atoms with Gasteiger partial charge in [-0.2, -0.15) is 0 Å². The van der Waals surface area contributed by atoms with Crippen LogP contribution in [0.15, 0.2) is 121 Å². The van der Waals surface area contributed by atoms with Crippen molar-refractivity contribution in [3.8, 4) is 0 Å². The van der Waals surface area contributed by atoms with Gasteiger partial charge in [-0.1, -0.05) is 90.6 Å². The molecule has 0 aliphatic heterocycles. The van der Waals surface area contributed by atoms with Gasteiger partial charge in [-0.3, -0.25) is 0 Å². The lowest BCUT2D eigenvalue weighted by atomic mass is 10.0. The Hall–Kier alpha value is -4.01. The summed E-state index contributed by atoms with van der Waals surface area (Å²) in [7, 11) is 4.13. The van der Waals surface area contributed by atoms with Gasteiger partial charge in [-0.05, 0) is 35.1 Å². The van der Waals surface area contributed by atoms with Gasteiger partial charge in [0.1, 0.15) is 16.9 Å². The smallest absolute Gasteiger partial charge is 0.173 e. The van der Waals surface area contributed by atoms with Crippen molar-refractivity contribution in [3.63, 3.8) is 0 Å². The molecule has 6 nitrogen and oxygen atoms in total. The van der Waals surface area contributed by atoms with E-state index in [0.29, 0.717) is 0 Å². The Morgan fingerprint density at radius 3 is 1.98 bits per heavy atom. The summed E-state index contributed by atoms with van der Waals surface area (Å²) >= 11 is 1.70. The Balaban J connectivity index is 0.00000368. The van der Waals surface area contributed by atoms with Crippen LogP contribution in [0.2, 0.25) is 0 Å². The van der Waals surface area contributed by atoms with E-state index in [0.717, 1.165) is 47.9 Å². The summed E-state index contributed by atoms with van der Waals surface area (Å²) < 4.78 is 4.32. The SMILES string of the molecule is CN(C)c1cc[n+](Cc2ccc(CCc3ccc(Cn4cnc5c(SCc6ccccc6)ncnc54)cc3)cc2)cc1.[Br-]. The Morgan fingerprint density at radius 2 is 1.33 bits per heavy atom. The number of halogens is 1. The highest BCUT2D eigenvalue weighted by molar-refractivity contribution is 7.98. The van der Waals surface area contributed by atoms with Crippen LogP contribution in [0.3, 0.4) is 0 Å². The molecule has 0 bridgehead atoms. The van der Waals surface area contributed by atoms with Crippen molar-refractivity contribution in [2.24, 2.45) is 0 Å². The number of nitrogens with zero attached hydrogens (tertiary/aromatic N) is 6. The molecule has 0 atom stereocenters. The number of hydrogen-bond donors (Lipinski definition) is 0. The molecule has 6 aromatic rings. The number of hydrogen-bond acceptors (Lipinski definition) is 5. The number of fused-ring (bicyclic) bond motifs is 1. The molecule has 0 radical (unpaired) electrons. The van der Waals surface area contributed by atoms with E-state index in [-0.39, 0.29) is 17.0 Å². The average Bonchev–Trinajstić information content (AvgIpc) is 3.44. The lowest BCUT2D eigenvalue weighted by Crippen LogP contribution is -3.00. The fourth-order valence-corrected chi connectivity index (χ4v) is 5.88. The van der Waals surface area contributed by atoms with Gasteiger partial charge in [0.2, 0.25) is 0 Å². The first-order valence-corrected chi connectivity index (χ1v) is 15.2. The van der Waals surface area contributed by atoms with Crippen molar-refractivity contribution in [2.45, 2.75) is 36.7 Å². The van der Waals surface area contributed by atoms with E-state index in [1.165, 1.54) is 33.5 Å². The van der Waals surface area contributed by atoms with Gasteiger partial charge in [-0.15, -0.1) is 0 Å². The predicted octanol–water partition coefficient (Wildman–Crippen LogP) is 3.36. The Bertz CT molecular complexity index is 1730. The van der Waals surface area contributed by atoms with E-state index in [1.807, 2.05) is 12.4 Å². The topological polar surface area (TPSA) is 50.7 Å². The highest BCUT2D eigenvalue weighted by Crippen LogP contribution is 2.26. The monoisotopic (exact) mass is 650 g/mol. The fourth-order valence-electron chi connectivity index (χ4n) is 4.98. The molecule has 0 saturated carbocycles. The van der Waals surface area contributed by atoms with Crippen molar-refractivity contribution in [3.05, 3.63) is 144 Å². The summed E-state index contributed by atoms with van der Waals surface area (Å²) in [6, 6.07) is 32.7. The molecule has 0 N–H and O–H groups in total. The third kappa shape index (κ3) is 7.89. The minimum absolute atomic E-state index is 0. The van der Waals surface area contributed by atoms with Crippen LogP contribution >= 0.6 is 11.8 Å². The lowest BCUT2D eigenvalue weighted by Gasteiger charge is -2.10. The van der Waals surface area contributed by atoms with E-state index >= 15 is 0 Å². The number of pyridine rings is 1. The molecule has 3 heterocycles. The van der Waals surface area contributed by atoms with Crippen LogP contribution in [-0.4, -0.2) is 33.6 Å². The predicted molar refractivity (Wildman–Crippen MR) is 171 cm³/mol. The van der Waals surface area contributed by atoms with Crippen molar-refractivity contribution in [1.82, 2.24) is 19.5 Å². The molecular weight excluding hydrogens is 616 g/mol. The number of imidazole rings is 1. The summed E-state index contributed by atoms with van der Waals surface area (Å²) in [5.74, 6) is 0.857. The average molecular weight is 652 g/mol. The number of aromatic nitrogens is 5. The van der Waals surface area contributed by atoms with Gasteiger partial charge < -0.3 is 26.4 Å². The van der Waals surface area contributed by atoms with Crippen LogP contribution in [0.1, 0.15) is 27.8 Å². The Morgan fingerprint density at radius 1 is 0.698 bits per heavy atom. The molecule has 0 spiro atoms. The maximum atomic E-state index is 4.66. The summed E-state index contributed by atoms with van der Waals surface area (Å²) in [4.78, 5) is 15.8. The molecule has 3 aromatic heterocycles. The molecule has 0 aliphatic rings. The molecule has 218 valence electrons. The quantitative estimate of drug-likeness (QED) is 0.122. The third-order valence-electron chi connectivity index (χ3n) is 7.44.